The topological polar surface area (TPSA) is 97.3 Å². The first kappa shape index (κ1) is 19.6. The second kappa shape index (κ2) is 9.68. The lowest BCUT2D eigenvalue weighted by molar-refractivity contribution is 0.154. The maximum absolute atomic E-state index is 6.00. The van der Waals surface area contributed by atoms with Crippen molar-refractivity contribution in [1.29, 1.82) is 0 Å². The molecule has 0 aliphatic heterocycles. The highest BCUT2D eigenvalue weighted by molar-refractivity contribution is 5.65. The summed E-state index contributed by atoms with van der Waals surface area (Å²) in [6, 6.07) is 3.76. The molecular formula is C20H26N6O2. The fourth-order valence-corrected chi connectivity index (χ4v) is 2.92. The highest BCUT2D eigenvalue weighted by Gasteiger charge is 2.15. The maximum atomic E-state index is 6.00. The Bertz CT molecular complexity index is 835. The van der Waals surface area contributed by atoms with E-state index in [1.54, 1.807) is 25.5 Å². The summed E-state index contributed by atoms with van der Waals surface area (Å²) in [7, 11) is 1.61. The first-order valence-corrected chi connectivity index (χ1v) is 9.39. The van der Waals surface area contributed by atoms with Crippen LogP contribution in [0.3, 0.4) is 0 Å². The molecule has 0 bridgehead atoms. The molecule has 0 atom stereocenters. The standard InChI is InChI=1S/C20H26N6O2/c1-14(27-3)9-11-17(21-2)19-24-20(26-25-19)23-18-12-10-16(13-22-18)28-15-7-5-4-6-8-15/h9-13,15H,2,4-8H2,1,3H3,(H2,22,23,24,25,26)/b14-9+,17-11-. The molecule has 3 rings (SSSR count). The molecule has 0 amide bonds. The predicted octanol–water partition coefficient (Wildman–Crippen LogP) is 4.25. The quantitative estimate of drug-likeness (QED) is 0.402. The Morgan fingerprint density at radius 1 is 1.29 bits per heavy atom. The van der Waals surface area contributed by atoms with Crippen molar-refractivity contribution in [3.05, 3.63) is 42.1 Å². The molecular weight excluding hydrogens is 356 g/mol. The highest BCUT2D eigenvalue weighted by Crippen LogP contribution is 2.24. The van der Waals surface area contributed by atoms with Crippen molar-refractivity contribution in [2.24, 2.45) is 4.99 Å². The molecule has 28 heavy (non-hydrogen) atoms. The molecule has 2 aromatic heterocycles. The van der Waals surface area contributed by atoms with Gasteiger partial charge in [-0.3, -0.25) is 10.1 Å². The molecule has 2 heterocycles. The number of allylic oxidation sites excluding steroid dienone is 3. The first-order chi connectivity index (χ1) is 13.7. The molecule has 8 heteroatoms. The minimum atomic E-state index is 0.303. The van der Waals surface area contributed by atoms with Crippen LogP contribution in [0.5, 0.6) is 5.75 Å². The summed E-state index contributed by atoms with van der Waals surface area (Å²) in [5.41, 5.74) is 0.557. The van der Waals surface area contributed by atoms with E-state index in [0.717, 1.165) is 24.4 Å². The van der Waals surface area contributed by atoms with Gasteiger partial charge in [0.2, 0.25) is 5.95 Å². The Kier molecular flexibility index (Phi) is 6.78. The van der Waals surface area contributed by atoms with Crippen molar-refractivity contribution in [2.45, 2.75) is 45.1 Å². The lowest BCUT2D eigenvalue weighted by Crippen LogP contribution is -2.19. The van der Waals surface area contributed by atoms with Crippen LogP contribution in [0.15, 0.2) is 41.2 Å². The van der Waals surface area contributed by atoms with E-state index in [0.29, 0.717) is 29.4 Å². The minimum Gasteiger partial charge on any atom is -0.501 e. The van der Waals surface area contributed by atoms with Crippen molar-refractivity contribution >= 4 is 24.2 Å². The van der Waals surface area contributed by atoms with Crippen LogP contribution in [-0.2, 0) is 4.74 Å². The van der Waals surface area contributed by atoms with Crippen LogP contribution in [0.1, 0.15) is 44.9 Å². The zero-order valence-corrected chi connectivity index (χ0v) is 16.3. The number of ether oxygens (including phenoxy) is 2. The number of aromatic amines is 1. The van der Waals surface area contributed by atoms with Crippen molar-refractivity contribution in [1.82, 2.24) is 20.2 Å². The summed E-state index contributed by atoms with van der Waals surface area (Å²) in [5, 5.41) is 10.0. The molecule has 8 nitrogen and oxygen atoms in total. The number of methoxy groups -OCH3 is 1. The fourth-order valence-electron chi connectivity index (χ4n) is 2.92. The van der Waals surface area contributed by atoms with Gasteiger partial charge in [0.15, 0.2) is 5.82 Å². The van der Waals surface area contributed by atoms with Gasteiger partial charge in [-0.25, -0.2) is 4.98 Å². The number of nitrogens with one attached hydrogen (secondary N) is 2. The molecule has 2 aromatic rings. The van der Waals surface area contributed by atoms with Crippen LogP contribution in [0.25, 0.3) is 5.70 Å². The number of anilines is 2. The van der Waals surface area contributed by atoms with E-state index < -0.39 is 0 Å². The first-order valence-electron chi connectivity index (χ1n) is 9.39. The predicted molar refractivity (Wildman–Crippen MR) is 110 cm³/mol. The molecule has 1 aliphatic carbocycles. The number of rotatable bonds is 8. The van der Waals surface area contributed by atoms with E-state index in [1.807, 2.05) is 19.1 Å². The molecule has 1 fully saturated rings. The SMILES string of the molecule is C=N/C(=C\C=C(/C)OC)c1nc(Nc2ccc(OC3CCCCC3)cn2)n[nH]1. The second-order valence-electron chi connectivity index (χ2n) is 6.58. The number of aromatic nitrogens is 4. The number of hydrogen-bond acceptors (Lipinski definition) is 7. The molecule has 0 spiro atoms. The third-order valence-electron chi connectivity index (χ3n) is 4.53. The van der Waals surface area contributed by atoms with Crippen LogP contribution in [0.4, 0.5) is 11.8 Å². The summed E-state index contributed by atoms with van der Waals surface area (Å²) in [6.45, 7) is 5.41. The van der Waals surface area contributed by atoms with Crippen molar-refractivity contribution in [3.63, 3.8) is 0 Å². The van der Waals surface area contributed by atoms with Gasteiger partial charge < -0.3 is 14.8 Å². The summed E-state index contributed by atoms with van der Waals surface area (Å²) in [6.07, 6.45) is 11.6. The highest BCUT2D eigenvalue weighted by atomic mass is 16.5. The Labute approximate surface area is 164 Å². The summed E-state index contributed by atoms with van der Waals surface area (Å²) in [5.74, 6) is 3.06. The van der Waals surface area contributed by atoms with E-state index in [4.69, 9.17) is 9.47 Å². The molecule has 0 saturated heterocycles. The molecule has 1 saturated carbocycles. The van der Waals surface area contributed by atoms with E-state index in [1.165, 1.54) is 19.3 Å². The Morgan fingerprint density at radius 2 is 2.11 bits per heavy atom. The van der Waals surface area contributed by atoms with Gasteiger partial charge >= 0.3 is 0 Å². The summed E-state index contributed by atoms with van der Waals surface area (Å²) >= 11 is 0. The van der Waals surface area contributed by atoms with Gasteiger partial charge in [0.05, 0.1) is 25.2 Å². The van der Waals surface area contributed by atoms with Crippen LogP contribution in [-0.4, -0.2) is 40.1 Å². The maximum Gasteiger partial charge on any atom is 0.248 e. The number of aliphatic imine (C=N–C) groups is 1. The van der Waals surface area contributed by atoms with E-state index in [9.17, 15) is 0 Å². The van der Waals surface area contributed by atoms with Gasteiger partial charge in [0.25, 0.3) is 0 Å². The zero-order valence-electron chi connectivity index (χ0n) is 16.3. The monoisotopic (exact) mass is 382 g/mol. The van der Waals surface area contributed by atoms with Gasteiger partial charge in [0, 0.05) is 0 Å². The third-order valence-corrected chi connectivity index (χ3v) is 4.53. The summed E-state index contributed by atoms with van der Waals surface area (Å²) in [4.78, 5) is 12.7. The van der Waals surface area contributed by atoms with Crippen LogP contribution in [0.2, 0.25) is 0 Å². The van der Waals surface area contributed by atoms with Crippen LogP contribution < -0.4 is 10.1 Å². The van der Waals surface area contributed by atoms with Crippen molar-refractivity contribution in [3.8, 4) is 5.75 Å². The molecule has 0 radical (unpaired) electrons. The van der Waals surface area contributed by atoms with E-state index in [2.05, 4.69) is 37.2 Å². The Balaban J connectivity index is 1.62. The number of nitrogens with zero attached hydrogens (tertiary/aromatic N) is 4. The van der Waals surface area contributed by atoms with Gasteiger partial charge in [-0.05, 0) is 63.6 Å². The average molecular weight is 382 g/mol. The zero-order chi connectivity index (χ0) is 19.8. The number of pyridine rings is 1. The molecule has 0 unspecified atom stereocenters. The van der Waals surface area contributed by atoms with E-state index >= 15 is 0 Å². The lowest BCUT2D eigenvalue weighted by Gasteiger charge is -2.22. The van der Waals surface area contributed by atoms with Gasteiger partial charge in [-0.1, -0.05) is 6.42 Å². The van der Waals surface area contributed by atoms with Crippen molar-refractivity contribution < 1.29 is 9.47 Å². The lowest BCUT2D eigenvalue weighted by atomic mass is 9.98. The molecule has 0 aromatic carbocycles. The molecule has 148 valence electrons. The smallest absolute Gasteiger partial charge is 0.248 e. The van der Waals surface area contributed by atoms with Gasteiger partial charge in [-0.15, -0.1) is 5.10 Å². The Hall–Kier alpha value is -3.16. The minimum absolute atomic E-state index is 0.303. The van der Waals surface area contributed by atoms with Crippen LogP contribution >= 0.6 is 0 Å². The number of hydrogen-bond donors (Lipinski definition) is 2. The largest absolute Gasteiger partial charge is 0.501 e. The Morgan fingerprint density at radius 3 is 2.79 bits per heavy atom. The number of H-pyrrole nitrogens is 1. The third kappa shape index (κ3) is 5.42. The molecule has 1 aliphatic rings. The normalized spacial score (nSPS) is 15.9. The van der Waals surface area contributed by atoms with Crippen LogP contribution in [0, 0.1) is 0 Å². The average Bonchev–Trinajstić information content (AvgIpc) is 3.19. The van der Waals surface area contributed by atoms with Crippen molar-refractivity contribution in [2.75, 3.05) is 12.4 Å². The van der Waals surface area contributed by atoms with E-state index in [-0.39, 0.29) is 0 Å². The summed E-state index contributed by atoms with van der Waals surface area (Å²) < 4.78 is 11.1. The van der Waals surface area contributed by atoms with Gasteiger partial charge in [-0.2, -0.15) is 4.98 Å². The van der Waals surface area contributed by atoms with Gasteiger partial charge in [0.1, 0.15) is 17.3 Å². The second-order valence-corrected chi connectivity index (χ2v) is 6.58. The molecule has 2 N–H and O–H groups in total. The fraction of sp³-hybridized carbons (Fsp3) is 0.400.